The second kappa shape index (κ2) is 17.0. The van der Waals surface area contributed by atoms with E-state index in [4.69, 9.17) is 9.05 Å². The van der Waals surface area contributed by atoms with E-state index in [2.05, 4.69) is 27.9 Å². The first-order valence-corrected chi connectivity index (χ1v) is 12.8. The topological polar surface area (TPSA) is 55.8 Å². The normalized spacial score (nSPS) is 14.4. The number of unbranched alkanes of at least 4 members (excludes halogenated alkanes) is 11. The molecule has 0 saturated heterocycles. The Labute approximate surface area is 169 Å². The summed E-state index contributed by atoms with van der Waals surface area (Å²) in [5, 5.41) is 0. The molecule has 27 heavy (non-hydrogen) atoms. The van der Waals surface area contributed by atoms with Crippen LogP contribution in [-0.4, -0.2) is 49.8 Å². The van der Waals surface area contributed by atoms with Gasteiger partial charge in [-0.25, -0.2) is 4.57 Å². The third kappa shape index (κ3) is 19.2. The van der Waals surface area contributed by atoms with Crippen molar-refractivity contribution >= 4 is 7.82 Å². The molecule has 0 heterocycles. The van der Waals surface area contributed by atoms with Crippen LogP contribution in [0.15, 0.2) is 0 Å². The summed E-state index contributed by atoms with van der Waals surface area (Å²) in [5.41, 5.74) is 0. The molecule has 0 aromatic heterocycles. The van der Waals surface area contributed by atoms with Crippen molar-refractivity contribution in [3.8, 4) is 0 Å². The van der Waals surface area contributed by atoms with Crippen molar-refractivity contribution in [2.45, 2.75) is 97.3 Å². The van der Waals surface area contributed by atoms with Crippen LogP contribution in [0.3, 0.4) is 0 Å². The fourth-order valence-electron chi connectivity index (χ4n) is 3.11. The molecule has 0 aliphatic carbocycles. The van der Waals surface area contributed by atoms with Gasteiger partial charge in [-0.15, -0.1) is 0 Å². The van der Waals surface area contributed by atoms with Gasteiger partial charge in [0.2, 0.25) is 0 Å². The predicted molar refractivity (Wildman–Crippen MR) is 115 cm³/mol. The molecule has 6 heteroatoms. The highest BCUT2D eigenvalue weighted by Gasteiger charge is 2.23. The van der Waals surface area contributed by atoms with Gasteiger partial charge in [-0.05, 0) is 19.3 Å². The Bertz CT molecular complexity index is 377. The quantitative estimate of drug-likeness (QED) is 0.146. The first kappa shape index (κ1) is 27.1. The molecular formula is C21H47NO4P+. The monoisotopic (exact) mass is 408 g/mol. The third-order valence-electron chi connectivity index (χ3n) is 5.07. The van der Waals surface area contributed by atoms with E-state index in [1.54, 1.807) is 0 Å². The largest absolute Gasteiger partial charge is 0.472 e. The first-order valence-electron chi connectivity index (χ1n) is 11.3. The molecule has 1 unspecified atom stereocenters. The van der Waals surface area contributed by atoms with Crippen molar-refractivity contribution in [1.29, 1.82) is 0 Å². The highest BCUT2D eigenvalue weighted by molar-refractivity contribution is 7.47. The summed E-state index contributed by atoms with van der Waals surface area (Å²) in [6.45, 7) is 6.69. The van der Waals surface area contributed by atoms with E-state index in [-0.39, 0.29) is 6.61 Å². The summed E-state index contributed by atoms with van der Waals surface area (Å²) >= 11 is 0. The second-order valence-electron chi connectivity index (χ2n) is 8.41. The maximum atomic E-state index is 11.8. The molecule has 0 radical (unpaired) electrons. The Morgan fingerprint density at radius 3 is 1.67 bits per heavy atom. The van der Waals surface area contributed by atoms with Crippen LogP contribution in [0, 0.1) is 0 Å². The van der Waals surface area contributed by atoms with Crippen LogP contribution in [0.1, 0.15) is 97.3 Å². The Hall–Kier alpha value is 0.0700. The molecule has 164 valence electrons. The Kier molecular flexibility index (Phi) is 17.0. The minimum absolute atomic E-state index is 0.256. The van der Waals surface area contributed by atoms with Crippen LogP contribution in [0.25, 0.3) is 0 Å². The van der Waals surface area contributed by atoms with E-state index >= 15 is 0 Å². The molecule has 0 fully saturated rings. The zero-order valence-electron chi connectivity index (χ0n) is 18.6. The van der Waals surface area contributed by atoms with E-state index in [1.807, 2.05) is 0 Å². The van der Waals surface area contributed by atoms with Crippen LogP contribution in [0.4, 0.5) is 0 Å². The van der Waals surface area contributed by atoms with E-state index in [9.17, 15) is 9.46 Å². The minimum Gasteiger partial charge on any atom is -0.327 e. The average Bonchev–Trinajstić information content (AvgIpc) is 2.60. The van der Waals surface area contributed by atoms with E-state index in [1.165, 1.54) is 64.2 Å². The van der Waals surface area contributed by atoms with Gasteiger partial charge in [0, 0.05) is 0 Å². The van der Waals surface area contributed by atoms with Gasteiger partial charge in [0.25, 0.3) is 0 Å². The zero-order chi connectivity index (χ0) is 20.4. The van der Waals surface area contributed by atoms with E-state index < -0.39 is 7.82 Å². The molecule has 5 nitrogen and oxygen atoms in total. The highest BCUT2D eigenvalue weighted by atomic mass is 31.2. The number of likely N-dealkylation sites (N-methyl/N-ethyl adjacent to an activating group) is 1. The first-order chi connectivity index (χ1) is 12.8. The fourth-order valence-corrected chi connectivity index (χ4v) is 3.86. The minimum atomic E-state index is -3.88. The maximum Gasteiger partial charge on any atom is 0.472 e. The summed E-state index contributed by atoms with van der Waals surface area (Å²) in [4.78, 5) is 9.68. The van der Waals surface area contributed by atoms with Gasteiger partial charge in [-0.2, -0.15) is 0 Å². The van der Waals surface area contributed by atoms with Crippen molar-refractivity contribution in [2.75, 3.05) is 40.4 Å². The SMILES string of the molecule is CCCCCCCCCCCC[N+](C)(C)CCOP(=O)(O)OCCCCC. The van der Waals surface area contributed by atoms with Gasteiger partial charge in [0.05, 0.1) is 27.2 Å². The van der Waals surface area contributed by atoms with Gasteiger partial charge in [-0.1, -0.05) is 78.1 Å². The lowest BCUT2D eigenvalue weighted by atomic mass is 10.1. The number of hydrogen-bond acceptors (Lipinski definition) is 3. The smallest absolute Gasteiger partial charge is 0.327 e. The molecule has 1 N–H and O–H groups in total. The van der Waals surface area contributed by atoms with Gasteiger partial charge < -0.3 is 9.38 Å². The van der Waals surface area contributed by atoms with Gasteiger partial charge in [0.1, 0.15) is 13.2 Å². The molecule has 1 atom stereocenters. The molecule has 0 amide bonds. The van der Waals surface area contributed by atoms with Gasteiger partial charge >= 0.3 is 7.82 Å². The molecular weight excluding hydrogens is 361 g/mol. The van der Waals surface area contributed by atoms with Crippen LogP contribution in [0.5, 0.6) is 0 Å². The molecule has 0 aliphatic rings. The Balaban J connectivity index is 3.63. The Morgan fingerprint density at radius 1 is 0.667 bits per heavy atom. The summed E-state index contributed by atoms with van der Waals surface area (Å²) in [7, 11) is 0.425. The third-order valence-corrected chi connectivity index (χ3v) is 6.09. The molecule has 0 aromatic carbocycles. The van der Waals surface area contributed by atoms with Crippen molar-refractivity contribution < 1.29 is 23.0 Å². The fraction of sp³-hybridized carbons (Fsp3) is 1.00. The van der Waals surface area contributed by atoms with Crippen molar-refractivity contribution in [3.05, 3.63) is 0 Å². The standard InChI is InChI=1S/C21H46NO4P/c1-5-7-9-10-11-12-13-14-15-16-18-22(3,4)19-21-26-27(23,24)25-20-17-8-6-2/h5-21H2,1-4H3/p+1. The highest BCUT2D eigenvalue weighted by Crippen LogP contribution is 2.43. The summed E-state index contributed by atoms with van der Waals surface area (Å²) in [5.74, 6) is 0. The Morgan fingerprint density at radius 2 is 1.11 bits per heavy atom. The van der Waals surface area contributed by atoms with Crippen molar-refractivity contribution in [2.24, 2.45) is 0 Å². The van der Waals surface area contributed by atoms with E-state index in [0.29, 0.717) is 6.61 Å². The number of rotatable bonds is 20. The van der Waals surface area contributed by atoms with Crippen LogP contribution in [-0.2, 0) is 13.6 Å². The molecule has 0 bridgehead atoms. The van der Waals surface area contributed by atoms with Crippen LogP contribution >= 0.6 is 7.82 Å². The summed E-state index contributed by atoms with van der Waals surface area (Å²) < 4.78 is 22.7. The number of nitrogens with zero attached hydrogens (tertiary/aromatic N) is 1. The zero-order valence-corrected chi connectivity index (χ0v) is 19.5. The lowest BCUT2D eigenvalue weighted by Gasteiger charge is -2.29. The maximum absolute atomic E-state index is 11.8. The van der Waals surface area contributed by atoms with Gasteiger partial charge in [-0.3, -0.25) is 9.05 Å². The van der Waals surface area contributed by atoms with E-state index in [0.717, 1.165) is 36.8 Å². The predicted octanol–water partition coefficient (Wildman–Crippen LogP) is 6.31. The van der Waals surface area contributed by atoms with Crippen molar-refractivity contribution in [1.82, 2.24) is 0 Å². The lowest BCUT2D eigenvalue weighted by molar-refractivity contribution is -0.890. The van der Waals surface area contributed by atoms with Crippen LogP contribution < -0.4 is 0 Å². The molecule has 0 aliphatic heterocycles. The van der Waals surface area contributed by atoms with Gasteiger partial charge in [0.15, 0.2) is 0 Å². The number of phosphoric ester groups is 1. The number of phosphoric acid groups is 1. The average molecular weight is 409 g/mol. The molecule has 0 saturated carbocycles. The van der Waals surface area contributed by atoms with Crippen molar-refractivity contribution in [3.63, 3.8) is 0 Å². The lowest BCUT2D eigenvalue weighted by Crippen LogP contribution is -2.42. The summed E-state index contributed by atoms with van der Waals surface area (Å²) in [6, 6.07) is 0. The van der Waals surface area contributed by atoms with Crippen LogP contribution in [0.2, 0.25) is 0 Å². The molecule has 0 aromatic rings. The molecule has 0 spiro atoms. The number of quaternary nitrogens is 1. The second-order valence-corrected chi connectivity index (χ2v) is 9.86. The molecule has 0 rings (SSSR count). The summed E-state index contributed by atoms with van der Waals surface area (Å²) in [6.07, 6.45) is 16.3. The number of hydrogen-bond donors (Lipinski definition) is 1.